The van der Waals surface area contributed by atoms with Gasteiger partial charge < -0.3 is 5.11 Å². The van der Waals surface area contributed by atoms with Gasteiger partial charge in [0, 0.05) is 18.2 Å². The van der Waals surface area contributed by atoms with Crippen molar-refractivity contribution in [1.82, 2.24) is 15.2 Å². The first kappa shape index (κ1) is 15.4. The standard InChI is InChI=1S/C20H18N4O/c1-12-4-3-5-15-9-16-20(19(12)15)24-23-18(22-16)11-21-10-14-6-7-17(25)13(2)8-14/h3-8,10,25H,9,11H2,1-2H3. The Labute approximate surface area is 146 Å². The van der Waals surface area contributed by atoms with Crippen molar-refractivity contribution in [3.05, 3.63) is 70.2 Å². The average molecular weight is 330 g/mol. The van der Waals surface area contributed by atoms with Gasteiger partial charge >= 0.3 is 0 Å². The third kappa shape index (κ3) is 2.89. The van der Waals surface area contributed by atoms with Gasteiger partial charge in [0.25, 0.3) is 0 Å². The van der Waals surface area contributed by atoms with E-state index in [1.165, 1.54) is 16.7 Å². The normalized spacial score (nSPS) is 12.4. The summed E-state index contributed by atoms with van der Waals surface area (Å²) in [7, 11) is 0. The van der Waals surface area contributed by atoms with Crippen LogP contribution in [-0.2, 0) is 13.0 Å². The first-order chi connectivity index (χ1) is 12.1. The predicted molar refractivity (Wildman–Crippen MR) is 96.9 cm³/mol. The summed E-state index contributed by atoms with van der Waals surface area (Å²) >= 11 is 0. The van der Waals surface area contributed by atoms with Gasteiger partial charge in [-0.3, -0.25) is 4.99 Å². The van der Waals surface area contributed by atoms with Crippen LogP contribution in [0.3, 0.4) is 0 Å². The molecule has 0 atom stereocenters. The Bertz CT molecular complexity index is 995. The molecule has 0 saturated heterocycles. The lowest BCUT2D eigenvalue weighted by molar-refractivity contribution is 0.471. The Morgan fingerprint density at radius 2 is 2.00 bits per heavy atom. The summed E-state index contributed by atoms with van der Waals surface area (Å²) in [6.07, 6.45) is 2.57. The quantitative estimate of drug-likeness (QED) is 0.585. The van der Waals surface area contributed by atoms with Gasteiger partial charge in [-0.25, -0.2) is 4.98 Å². The van der Waals surface area contributed by atoms with Crippen LogP contribution >= 0.6 is 0 Å². The van der Waals surface area contributed by atoms with Crippen molar-refractivity contribution < 1.29 is 5.11 Å². The number of fused-ring (bicyclic) bond motifs is 3. The highest BCUT2D eigenvalue weighted by atomic mass is 16.3. The zero-order chi connectivity index (χ0) is 17.4. The summed E-state index contributed by atoms with van der Waals surface area (Å²) in [5, 5.41) is 18.2. The number of aromatic hydroxyl groups is 1. The molecule has 0 saturated carbocycles. The number of phenols is 1. The van der Waals surface area contributed by atoms with Crippen molar-refractivity contribution in [2.24, 2.45) is 4.99 Å². The van der Waals surface area contributed by atoms with E-state index < -0.39 is 0 Å². The molecule has 25 heavy (non-hydrogen) atoms. The lowest BCUT2D eigenvalue weighted by atomic mass is 10.0. The second-order valence-electron chi connectivity index (χ2n) is 6.32. The van der Waals surface area contributed by atoms with Crippen LogP contribution in [0.5, 0.6) is 5.75 Å². The number of hydrogen-bond acceptors (Lipinski definition) is 5. The fourth-order valence-electron chi connectivity index (χ4n) is 3.17. The molecule has 1 aliphatic rings. The molecule has 1 N–H and O–H groups in total. The molecule has 0 bridgehead atoms. The van der Waals surface area contributed by atoms with E-state index in [-0.39, 0.29) is 5.75 Å². The topological polar surface area (TPSA) is 71.3 Å². The van der Waals surface area contributed by atoms with E-state index in [2.05, 4.69) is 45.3 Å². The number of rotatable bonds is 3. The Kier molecular flexibility index (Phi) is 3.76. The number of nitrogens with zero attached hydrogens (tertiary/aromatic N) is 4. The molecule has 0 aliphatic heterocycles. The number of phenolic OH excluding ortho intramolecular Hbond substituents is 1. The number of aliphatic imine (C=N–C) groups is 1. The van der Waals surface area contributed by atoms with Gasteiger partial charge in [0.2, 0.25) is 0 Å². The Hall–Kier alpha value is -3.08. The fourth-order valence-corrected chi connectivity index (χ4v) is 3.17. The summed E-state index contributed by atoms with van der Waals surface area (Å²) in [5.41, 5.74) is 7.28. The van der Waals surface area contributed by atoms with Gasteiger partial charge in [-0.05, 0) is 54.3 Å². The lowest BCUT2D eigenvalue weighted by Gasteiger charge is -2.03. The minimum Gasteiger partial charge on any atom is -0.508 e. The van der Waals surface area contributed by atoms with E-state index in [4.69, 9.17) is 0 Å². The van der Waals surface area contributed by atoms with Gasteiger partial charge in [0.05, 0.1) is 5.69 Å². The summed E-state index contributed by atoms with van der Waals surface area (Å²) in [6.45, 7) is 4.34. The molecule has 5 heteroatoms. The minimum atomic E-state index is 0.290. The third-order valence-electron chi connectivity index (χ3n) is 4.45. The van der Waals surface area contributed by atoms with Crippen molar-refractivity contribution in [3.8, 4) is 17.0 Å². The maximum Gasteiger partial charge on any atom is 0.172 e. The van der Waals surface area contributed by atoms with Crippen LogP contribution in [0.1, 0.15) is 33.8 Å². The summed E-state index contributed by atoms with van der Waals surface area (Å²) < 4.78 is 0. The summed E-state index contributed by atoms with van der Waals surface area (Å²) in [4.78, 5) is 9.05. The molecule has 0 radical (unpaired) electrons. The highest BCUT2D eigenvalue weighted by Gasteiger charge is 2.23. The fraction of sp³-hybridized carbons (Fsp3) is 0.200. The first-order valence-corrected chi connectivity index (χ1v) is 8.22. The molecule has 1 aromatic heterocycles. The molecule has 1 aliphatic carbocycles. The zero-order valence-corrected chi connectivity index (χ0v) is 14.2. The Morgan fingerprint density at radius 1 is 1.12 bits per heavy atom. The molecule has 3 aromatic rings. The van der Waals surface area contributed by atoms with Gasteiger partial charge in [-0.1, -0.05) is 18.2 Å². The first-order valence-electron chi connectivity index (χ1n) is 8.22. The molecule has 4 rings (SSSR count). The van der Waals surface area contributed by atoms with Crippen LogP contribution in [0, 0.1) is 13.8 Å². The van der Waals surface area contributed by atoms with E-state index in [9.17, 15) is 5.11 Å². The number of benzene rings is 2. The van der Waals surface area contributed by atoms with Crippen molar-refractivity contribution >= 4 is 6.21 Å². The molecule has 0 spiro atoms. The van der Waals surface area contributed by atoms with Crippen LogP contribution in [-0.4, -0.2) is 26.5 Å². The average Bonchev–Trinajstić information content (AvgIpc) is 2.97. The summed E-state index contributed by atoms with van der Waals surface area (Å²) in [5.74, 6) is 0.911. The van der Waals surface area contributed by atoms with Crippen LogP contribution < -0.4 is 0 Å². The molecule has 0 fully saturated rings. The molecule has 2 aromatic carbocycles. The smallest absolute Gasteiger partial charge is 0.172 e. The Morgan fingerprint density at radius 3 is 2.84 bits per heavy atom. The van der Waals surface area contributed by atoms with E-state index in [0.717, 1.165) is 28.9 Å². The SMILES string of the molecule is Cc1cc(C=NCc2nnc3c(n2)Cc2cccc(C)c2-3)ccc1O. The number of aromatic nitrogens is 3. The van der Waals surface area contributed by atoms with Crippen molar-refractivity contribution in [3.63, 3.8) is 0 Å². The predicted octanol–water partition coefficient (Wildman–Crippen LogP) is 3.38. The maximum atomic E-state index is 9.56. The molecular formula is C20H18N4O. The third-order valence-corrected chi connectivity index (χ3v) is 4.45. The second-order valence-corrected chi connectivity index (χ2v) is 6.32. The maximum absolute atomic E-state index is 9.56. The molecule has 5 nitrogen and oxygen atoms in total. The van der Waals surface area contributed by atoms with Crippen molar-refractivity contribution in [2.75, 3.05) is 0 Å². The molecule has 124 valence electrons. The zero-order valence-electron chi connectivity index (χ0n) is 14.2. The van der Waals surface area contributed by atoms with Crippen LogP contribution in [0.2, 0.25) is 0 Å². The van der Waals surface area contributed by atoms with Gasteiger partial charge in [0.15, 0.2) is 5.82 Å². The molecular weight excluding hydrogens is 312 g/mol. The monoisotopic (exact) mass is 330 g/mol. The van der Waals surface area contributed by atoms with E-state index >= 15 is 0 Å². The van der Waals surface area contributed by atoms with Gasteiger partial charge in [-0.15, -0.1) is 10.2 Å². The van der Waals surface area contributed by atoms with Crippen molar-refractivity contribution in [1.29, 1.82) is 0 Å². The highest BCUT2D eigenvalue weighted by Crippen LogP contribution is 2.35. The highest BCUT2D eigenvalue weighted by molar-refractivity contribution is 5.80. The molecule has 1 heterocycles. The largest absolute Gasteiger partial charge is 0.508 e. The number of hydrogen-bond donors (Lipinski definition) is 1. The van der Waals surface area contributed by atoms with E-state index in [0.29, 0.717) is 12.4 Å². The summed E-state index contributed by atoms with van der Waals surface area (Å²) in [6, 6.07) is 11.7. The van der Waals surface area contributed by atoms with Crippen LogP contribution in [0.4, 0.5) is 0 Å². The minimum absolute atomic E-state index is 0.290. The second kappa shape index (κ2) is 6.09. The molecule has 0 amide bonds. The lowest BCUT2D eigenvalue weighted by Crippen LogP contribution is -2.01. The van der Waals surface area contributed by atoms with Gasteiger partial charge in [0.1, 0.15) is 18.0 Å². The Balaban J connectivity index is 1.54. The van der Waals surface area contributed by atoms with Crippen molar-refractivity contribution in [2.45, 2.75) is 26.8 Å². The molecule has 0 unspecified atom stereocenters. The van der Waals surface area contributed by atoms with E-state index in [1.54, 1.807) is 12.3 Å². The number of aryl methyl sites for hydroxylation is 2. The van der Waals surface area contributed by atoms with Crippen LogP contribution in [0.15, 0.2) is 41.4 Å². The van der Waals surface area contributed by atoms with E-state index in [1.807, 2.05) is 19.1 Å². The van der Waals surface area contributed by atoms with Gasteiger partial charge in [-0.2, -0.15) is 0 Å². The van der Waals surface area contributed by atoms with Crippen LogP contribution in [0.25, 0.3) is 11.3 Å².